The average Bonchev–Trinajstić information content (AvgIpc) is 2.64. The van der Waals surface area contributed by atoms with E-state index in [0.717, 1.165) is 19.4 Å². The summed E-state index contributed by atoms with van der Waals surface area (Å²) < 4.78 is 0. The first-order valence-corrected chi connectivity index (χ1v) is 8.97. The van der Waals surface area contributed by atoms with E-state index in [1.807, 2.05) is 0 Å². The third-order valence-corrected chi connectivity index (χ3v) is 5.87. The molecule has 124 valence electrons. The van der Waals surface area contributed by atoms with Crippen LogP contribution >= 0.6 is 0 Å². The molecule has 2 atom stereocenters. The quantitative estimate of drug-likeness (QED) is 0.790. The van der Waals surface area contributed by atoms with Gasteiger partial charge in [-0.2, -0.15) is 0 Å². The second-order valence-corrected chi connectivity index (χ2v) is 8.49. The van der Waals surface area contributed by atoms with E-state index in [0.29, 0.717) is 17.5 Å². The van der Waals surface area contributed by atoms with Crippen molar-refractivity contribution in [1.82, 2.24) is 10.2 Å². The maximum Gasteiger partial charge on any atom is 0.0570 e. The minimum Gasteiger partial charge on any atom is -0.393 e. The minimum absolute atomic E-state index is 0.0518. The van der Waals surface area contributed by atoms with Crippen molar-refractivity contribution in [1.29, 1.82) is 0 Å². The first-order valence-electron chi connectivity index (χ1n) is 8.97. The summed E-state index contributed by atoms with van der Waals surface area (Å²) in [6.07, 6.45) is 6.97. The van der Waals surface area contributed by atoms with Gasteiger partial charge in [0, 0.05) is 30.7 Å². The smallest absolute Gasteiger partial charge is 0.0570 e. The molecule has 0 saturated carbocycles. The van der Waals surface area contributed by atoms with Gasteiger partial charge in [0.25, 0.3) is 0 Å². The SMILES string of the molecule is CCC(CC)(CNC(C)(C)C)CN1C2CCC1CC(O)C2. The number of hydrogen-bond donors (Lipinski definition) is 2. The predicted molar refractivity (Wildman–Crippen MR) is 89.5 cm³/mol. The van der Waals surface area contributed by atoms with Gasteiger partial charge in [-0.05, 0) is 64.7 Å². The summed E-state index contributed by atoms with van der Waals surface area (Å²) in [5.41, 5.74) is 0.559. The van der Waals surface area contributed by atoms with E-state index in [2.05, 4.69) is 44.8 Å². The summed E-state index contributed by atoms with van der Waals surface area (Å²) in [4.78, 5) is 2.74. The van der Waals surface area contributed by atoms with Crippen LogP contribution in [0.4, 0.5) is 0 Å². The molecule has 21 heavy (non-hydrogen) atoms. The molecular weight excluding hydrogens is 260 g/mol. The van der Waals surface area contributed by atoms with Crippen LogP contribution in [-0.4, -0.2) is 46.8 Å². The first-order chi connectivity index (χ1) is 9.78. The molecule has 2 unspecified atom stereocenters. The zero-order valence-corrected chi connectivity index (χ0v) is 14.8. The number of nitrogens with zero attached hydrogens (tertiary/aromatic N) is 1. The molecule has 2 aliphatic rings. The normalized spacial score (nSPS) is 30.9. The largest absolute Gasteiger partial charge is 0.393 e. The van der Waals surface area contributed by atoms with Crippen molar-refractivity contribution in [2.75, 3.05) is 13.1 Å². The van der Waals surface area contributed by atoms with Crippen LogP contribution in [0.25, 0.3) is 0 Å². The van der Waals surface area contributed by atoms with Gasteiger partial charge in [0.2, 0.25) is 0 Å². The van der Waals surface area contributed by atoms with E-state index >= 15 is 0 Å². The highest BCUT2D eigenvalue weighted by atomic mass is 16.3. The van der Waals surface area contributed by atoms with Gasteiger partial charge in [-0.1, -0.05) is 13.8 Å². The maximum absolute atomic E-state index is 9.99. The van der Waals surface area contributed by atoms with Crippen molar-refractivity contribution in [2.24, 2.45) is 5.41 Å². The van der Waals surface area contributed by atoms with Crippen LogP contribution in [0.3, 0.4) is 0 Å². The van der Waals surface area contributed by atoms with Crippen molar-refractivity contribution in [3.63, 3.8) is 0 Å². The van der Waals surface area contributed by atoms with Crippen LogP contribution in [0.5, 0.6) is 0 Å². The molecule has 0 spiro atoms. The van der Waals surface area contributed by atoms with E-state index in [1.54, 1.807) is 0 Å². The van der Waals surface area contributed by atoms with E-state index in [-0.39, 0.29) is 11.6 Å². The molecule has 0 radical (unpaired) electrons. The first kappa shape index (κ1) is 17.2. The lowest BCUT2D eigenvalue weighted by molar-refractivity contribution is 0.00597. The van der Waals surface area contributed by atoms with Gasteiger partial charge in [0.15, 0.2) is 0 Å². The van der Waals surface area contributed by atoms with Crippen molar-refractivity contribution in [2.45, 2.75) is 96.9 Å². The standard InChI is InChI=1S/C18H36N2O/c1-6-18(7-2,12-19-17(3,4)5)13-20-14-8-9-15(20)11-16(21)10-14/h14-16,19,21H,6-13H2,1-5H3. The fourth-order valence-electron chi connectivity index (χ4n) is 4.12. The van der Waals surface area contributed by atoms with Gasteiger partial charge >= 0.3 is 0 Å². The maximum atomic E-state index is 9.99. The summed E-state index contributed by atoms with van der Waals surface area (Å²) >= 11 is 0. The summed E-state index contributed by atoms with van der Waals surface area (Å²) in [5.74, 6) is 0. The molecule has 2 aliphatic heterocycles. The Morgan fingerprint density at radius 2 is 1.57 bits per heavy atom. The number of piperidine rings is 1. The Labute approximate surface area is 131 Å². The fraction of sp³-hybridized carbons (Fsp3) is 1.00. The van der Waals surface area contributed by atoms with Gasteiger partial charge in [-0.15, -0.1) is 0 Å². The molecule has 2 rings (SSSR count). The Bertz CT molecular complexity index is 319. The second-order valence-electron chi connectivity index (χ2n) is 8.49. The van der Waals surface area contributed by atoms with Crippen molar-refractivity contribution in [3.05, 3.63) is 0 Å². The Hall–Kier alpha value is -0.120. The summed E-state index contributed by atoms with van der Waals surface area (Å²) in [6, 6.07) is 1.26. The molecule has 2 fully saturated rings. The highest BCUT2D eigenvalue weighted by molar-refractivity contribution is 4.98. The molecule has 3 heteroatoms. The summed E-state index contributed by atoms with van der Waals surface area (Å²) in [7, 11) is 0. The molecule has 2 heterocycles. The number of fused-ring (bicyclic) bond motifs is 2. The number of aliphatic hydroxyl groups excluding tert-OH is 1. The van der Waals surface area contributed by atoms with Crippen LogP contribution in [0.2, 0.25) is 0 Å². The molecular formula is C18H36N2O. The number of aliphatic hydroxyl groups is 1. The van der Waals surface area contributed by atoms with Crippen LogP contribution in [-0.2, 0) is 0 Å². The van der Waals surface area contributed by atoms with Gasteiger partial charge < -0.3 is 10.4 Å². The van der Waals surface area contributed by atoms with E-state index < -0.39 is 0 Å². The number of rotatable bonds is 6. The lowest BCUT2D eigenvalue weighted by Crippen LogP contribution is -2.53. The lowest BCUT2D eigenvalue weighted by atomic mass is 9.80. The third-order valence-electron chi connectivity index (χ3n) is 5.87. The topological polar surface area (TPSA) is 35.5 Å². The van der Waals surface area contributed by atoms with Crippen molar-refractivity contribution < 1.29 is 5.11 Å². The predicted octanol–water partition coefficient (Wildman–Crippen LogP) is 3.17. The average molecular weight is 296 g/mol. The van der Waals surface area contributed by atoms with Gasteiger partial charge in [0.1, 0.15) is 0 Å². The van der Waals surface area contributed by atoms with Gasteiger partial charge in [0.05, 0.1) is 6.10 Å². The second kappa shape index (κ2) is 6.55. The Morgan fingerprint density at radius 3 is 2.00 bits per heavy atom. The molecule has 0 amide bonds. The fourth-order valence-corrected chi connectivity index (χ4v) is 4.12. The van der Waals surface area contributed by atoms with E-state index in [1.165, 1.54) is 32.2 Å². The third kappa shape index (κ3) is 4.20. The Kier molecular flexibility index (Phi) is 5.38. The summed E-state index contributed by atoms with van der Waals surface area (Å²) in [6.45, 7) is 13.7. The molecule has 3 nitrogen and oxygen atoms in total. The molecule has 0 aromatic rings. The van der Waals surface area contributed by atoms with Crippen LogP contribution in [0.15, 0.2) is 0 Å². The summed E-state index contributed by atoms with van der Waals surface area (Å²) in [5, 5.41) is 13.7. The lowest BCUT2D eigenvalue weighted by Gasteiger charge is -2.45. The highest BCUT2D eigenvalue weighted by Crippen LogP contribution is 2.39. The molecule has 0 aromatic carbocycles. The molecule has 2 saturated heterocycles. The zero-order valence-electron chi connectivity index (χ0n) is 14.8. The van der Waals surface area contributed by atoms with Crippen LogP contribution < -0.4 is 5.32 Å². The Morgan fingerprint density at radius 1 is 1.05 bits per heavy atom. The monoisotopic (exact) mass is 296 g/mol. The van der Waals surface area contributed by atoms with Crippen LogP contribution in [0, 0.1) is 5.41 Å². The van der Waals surface area contributed by atoms with Crippen molar-refractivity contribution in [3.8, 4) is 0 Å². The molecule has 2 N–H and O–H groups in total. The van der Waals surface area contributed by atoms with Crippen LogP contribution in [0.1, 0.15) is 73.1 Å². The number of nitrogens with one attached hydrogen (secondary N) is 1. The Balaban J connectivity index is 2.02. The zero-order chi connectivity index (χ0) is 15.7. The van der Waals surface area contributed by atoms with E-state index in [9.17, 15) is 5.11 Å². The van der Waals surface area contributed by atoms with Gasteiger partial charge in [-0.25, -0.2) is 0 Å². The molecule has 2 bridgehead atoms. The van der Waals surface area contributed by atoms with E-state index in [4.69, 9.17) is 0 Å². The molecule has 0 aliphatic carbocycles. The van der Waals surface area contributed by atoms with Crippen molar-refractivity contribution >= 4 is 0 Å². The van der Waals surface area contributed by atoms with Gasteiger partial charge in [-0.3, -0.25) is 4.90 Å². The minimum atomic E-state index is -0.0518. The molecule has 0 aromatic heterocycles. The highest BCUT2D eigenvalue weighted by Gasteiger charge is 2.43. The number of hydrogen-bond acceptors (Lipinski definition) is 3.